The summed E-state index contributed by atoms with van der Waals surface area (Å²) in [5.41, 5.74) is 0. The Kier molecular flexibility index (Phi) is 3.71. The molecule has 1 unspecified atom stereocenters. The Morgan fingerprint density at radius 1 is 1.60 bits per heavy atom. The molecule has 0 N–H and O–H groups in total. The molecule has 2 heteroatoms. The molecule has 58 valence electrons. The zero-order valence-corrected chi connectivity index (χ0v) is 8.23. The Labute approximate surface area is 71.8 Å². The van der Waals surface area contributed by atoms with E-state index in [1.165, 1.54) is 18.6 Å². The van der Waals surface area contributed by atoms with Crippen molar-refractivity contribution in [3.63, 3.8) is 0 Å². The maximum atomic E-state index is 2.34. The van der Waals surface area contributed by atoms with Crippen molar-refractivity contribution in [2.75, 3.05) is 5.75 Å². The first-order chi connectivity index (χ1) is 4.86. The molecule has 0 aromatic carbocycles. The van der Waals surface area contributed by atoms with E-state index >= 15 is 0 Å². The van der Waals surface area contributed by atoms with Crippen molar-refractivity contribution in [3.05, 3.63) is 10.3 Å². The molecular formula is C8H14S2. The second kappa shape index (κ2) is 4.35. The Hall–Kier alpha value is 0.440. The highest BCUT2D eigenvalue weighted by Gasteiger charge is 2.11. The van der Waals surface area contributed by atoms with E-state index in [2.05, 4.69) is 19.3 Å². The minimum Gasteiger partial charge on any atom is -0.129 e. The maximum absolute atomic E-state index is 2.34. The second-order valence-electron chi connectivity index (χ2n) is 2.42. The summed E-state index contributed by atoms with van der Waals surface area (Å²) in [5, 5.41) is 3.21. The zero-order chi connectivity index (χ0) is 7.40. The lowest BCUT2D eigenvalue weighted by Gasteiger charge is -2.18. The Bertz CT molecular complexity index is 129. The Morgan fingerprint density at radius 3 is 2.80 bits per heavy atom. The molecule has 0 aromatic rings. The van der Waals surface area contributed by atoms with Crippen LogP contribution in [0, 0.1) is 0 Å². The maximum Gasteiger partial charge on any atom is 0.0180 e. The van der Waals surface area contributed by atoms with Gasteiger partial charge in [0.2, 0.25) is 0 Å². The summed E-state index contributed by atoms with van der Waals surface area (Å²) in [7, 11) is 0. The van der Waals surface area contributed by atoms with Crippen LogP contribution in [0.2, 0.25) is 0 Å². The standard InChI is InChI=1S/C8H14S2/c1-3-7-5-10-8(4-2)6-9-7/h5,8H,3-4,6H2,1-2H3. The highest BCUT2D eigenvalue weighted by molar-refractivity contribution is 8.09. The first-order valence-corrected chi connectivity index (χ1v) is 5.77. The first-order valence-electron chi connectivity index (χ1n) is 3.84. The van der Waals surface area contributed by atoms with Crippen LogP contribution in [0.1, 0.15) is 26.7 Å². The van der Waals surface area contributed by atoms with Crippen LogP contribution in [0.5, 0.6) is 0 Å². The van der Waals surface area contributed by atoms with Gasteiger partial charge in [-0.15, -0.1) is 23.5 Å². The van der Waals surface area contributed by atoms with E-state index in [0.29, 0.717) is 0 Å². The third kappa shape index (κ3) is 2.24. The van der Waals surface area contributed by atoms with Gasteiger partial charge in [-0.05, 0) is 23.2 Å². The van der Waals surface area contributed by atoms with Crippen LogP contribution in [-0.2, 0) is 0 Å². The van der Waals surface area contributed by atoms with Crippen LogP contribution >= 0.6 is 23.5 Å². The molecular weight excluding hydrogens is 160 g/mol. The van der Waals surface area contributed by atoms with Crippen molar-refractivity contribution in [1.82, 2.24) is 0 Å². The van der Waals surface area contributed by atoms with Gasteiger partial charge in [0.05, 0.1) is 0 Å². The van der Waals surface area contributed by atoms with Gasteiger partial charge >= 0.3 is 0 Å². The molecule has 0 amide bonds. The summed E-state index contributed by atoms with van der Waals surface area (Å²) in [6.07, 6.45) is 2.53. The van der Waals surface area contributed by atoms with E-state index < -0.39 is 0 Å². The van der Waals surface area contributed by atoms with Crippen LogP contribution in [0.3, 0.4) is 0 Å². The molecule has 1 aliphatic heterocycles. The number of rotatable bonds is 2. The van der Waals surface area contributed by atoms with E-state index in [-0.39, 0.29) is 0 Å². The van der Waals surface area contributed by atoms with Crippen LogP contribution in [-0.4, -0.2) is 11.0 Å². The van der Waals surface area contributed by atoms with E-state index in [4.69, 9.17) is 0 Å². The lowest BCUT2D eigenvalue weighted by atomic mass is 10.4. The molecule has 1 atom stereocenters. The molecule has 1 aliphatic rings. The summed E-state index contributed by atoms with van der Waals surface area (Å²) in [4.78, 5) is 1.56. The van der Waals surface area contributed by atoms with E-state index in [1.54, 1.807) is 4.91 Å². The van der Waals surface area contributed by atoms with Crippen LogP contribution in [0.25, 0.3) is 0 Å². The fourth-order valence-electron chi connectivity index (χ4n) is 0.845. The van der Waals surface area contributed by atoms with Crippen LogP contribution < -0.4 is 0 Å². The predicted molar refractivity (Wildman–Crippen MR) is 52.5 cm³/mol. The molecule has 0 spiro atoms. The minimum absolute atomic E-state index is 0.875. The molecule has 0 aliphatic carbocycles. The second-order valence-corrected chi connectivity index (χ2v) is 4.74. The predicted octanol–water partition coefficient (Wildman–Crippen LogP) is 3.50. The molecule has 0 saturated carbocycles. The summed E-state index contributed by atoms with van der Waals surface area (Å²) in [5.74, 6) is 1.32. The summed E-state index contributed by atoms with van der Waals surface area (Å²) < 4.78 is 0. The van der Waals surface area contributed by atoms with Crippen molar-refractivity contribution < 1.29 is 0 Å². The van der Waals surface area contributed by atoms with Crippen molar-refractivity contribution in [2.24, 2.45) is 0 Å². The van der Waals surface area contributed by atoms with Gasteiger partial charge in [0.15, 0.2) is 0 Å². The molecule has 0 radical (unpaired) electrons. The van der Waals surface area contributed by atoms with Crippen LogP contribution in [0.4, 0.5) is 0 Å². The summed E-state index contributed by atoms with van der Waals surface area (Å²) >= 11 is 4.05. The number of thioether (sulfide) groups is 2. The van der Waals surface area contributed by atoms with Gasteiger partial charge in [-0.25, -0.2) is 0 Å². The molecule has 1 rings (SSSR count). The highest BCUT2D eigenvalue weighted by atomic mass is 32.2. The quantitative estimate of drug-likeness (QED) is 0.628. The smallest absolute Gasteiger partial charge is 0.0180 e. The van der Waals surface area contributed by atoms with Gasteiger partial charge < -0.3 is 0 Å². The number of allylic oxidation sites excluding steroid dienone is 1. The zero-order valence-electron chi connectivity index (χ0n) is 6.59. The van der Waals surface area contributed by atoms with Gasteiger partial charge in [-0.2, -0.15) is 0 Å². The van der Waals surface area contributed by atoms with Gasteiger partial charge in [0.25, 0.3) is 0 Å². The fourth-order valence-corrected chi connectivity index (χ4v) is 3.35. The number of hydrogen-bond acceptors (Lipinski definition) is 2. The van der Waals surface area contributed by atoms with Crippen molar-refractivity contribution in [3.8, 4) is 0 Å². The molecule has 0 aromatic heterocycles. The topological polar surface area (TPSA) is 0 Å². The Morgan fingerprint density at radius 2 is 2.40 bits per heavy atom. The molecule has 0 fully saturated rings. The third-order valence-electron chi connectivity index (χ3n) is 1.65. The van der Waals surface area contributed by atoms with E-state index in [1.807, 2.05) is 23.5 Å². The highest BCUT2D eigenvalue weighted by Crippen LogP contribution is 2.34. The fraction of sp³-hybridized carbons (Fsp3) is 0.750. The SMILES string of the molecule is CCC1=CSC(CC)CS1. The molecule has 0 saturated heterocycles. The summed E-state index contributed by atoms with van der Waals surface area (Å²) in [6, 6.07) is 0. The van der Waals surface area contributed by atoms with Crippen molar-refractivity contribution in [1.29, 1.82) is 0 Å². The van der Waals surface area contributed by atoms with Gasteiger partial charge in [0.1, 0.15) is 0 Å². The average Bonchev–Trinajstić information content (AvgIpc) is 2.05. The van der Waals surface area contributed by atoms with Gasteiger partial charge in [-0.1, -0.05) is 13.8 Å². The van der Waals surface area contributed by atoms with Crippen molar-refractivity contribution >= 4 is 23.5 Å². The number of hydrogen-bond donors (Lipinski definition) is 0. The largest absolute Gasteiger partial charge is 0.129 e. The van der Waals surface area contributed by atoms with E-state index in [9.17, 15) is 0 Å². The molecule has 1 heterocycles. The monoisotopic (exact) mass is 174 g/mol. The molecule has 0 nitrogen and oxygen atoms in total. The molecule has 10 heavy (non-hydrogen) atoms. The lowest BCUT2D eigenvalue weighted by molar-refractivity contribution is 0.918. The average molecular weight is 174 g/mol. The van der Waals surface area contributed by atoms with E-state index in [0.717, 1.165) is 5.25 Å². The minimum atomic E-state index is 0.875. The summed E-state index contributed by atoms with van der Waals surface area (Å²) in [6.45, 7) is 4.49. The Balaban J connectivity index is 2.36. The van der Waals surface area contributed by atoms with Gasteiger partial charge in [-0.3, -0.25) is 0 Å². The molecule has 0 bridgehead atoms. The van der Waals surface area contributed by atoms with Crippen molar-refractivity contribution in [2.45, 2.75) is 31.9 Å². The lowest BCUT2D eigenvalue weighted by Crippen LogP contribution is -2.06. The third-order valence-corrected chi connectivity index (χ3v) is 4.66. The van der Waals surface area contributed by atoms with Gasteiger partial charge in [0, 0.05) is 11.0 Å². The first kappa shape index (κ1) is 8.54. The van der Waals surface area contributed by atoms with Crippen LogP contribution in [0.15, 0.2) is 10.3 Å². The normalized spacial score (nSPS) is 26.2.